The number of amides is 1. The Hall–Kier alpha value is -2.74. The van der Waals surface area contributed by atoms with Gasteiger partial charge in [0.05, 0.1) is 18.4 Å². The van der Waals surface area contributed by atoms with Gasteiger partial charge in [-0.25, -0.2) is 15.1 Å². The molecule has 35 heavy (non-hydrogen) atoms. The van der Waals surface area contributed by atoms with Crippen molar-refractivity contribution >= 4 is 27.8 Å². The highest BCUT2D eigenvalue weighted by molar-refractivity contribution is 9.10. The first-order chi connectivity index (χ1) is 16.6. The van der Waals surface area contributed by atoms with Gasteiger partial charge in [-0.05, 0) is 35.7 Å². The van der Waals surface area contributed by atoms with E-state index in [0.717, 1.165) is 12.4 Å². The van der Waals surface area contributed by atoms with E-state index in [1.807, 2.05) is 9.80 Å². The number of carbonyl (C=O) groups excluding carboxylic acids is 1. The number of H-pyrrole nitrogens is 1. The molecule has 2 atom stereocenters. The number of ether oxygens (including phenoxy) is 2. The zero-order valence-corrected chi connectivity index (χ0v) is 20.4. The zero-order valence-electron chi connectivity index (χ0n) is 18.8. The lowest BCUT2D eigenvalue weighted by atomic mass is 10.0. The highest BCUT2D eigenvalue weighted by atomic mass is 79.9. The third-order valence-corrected chi connectivity index (χ3v) is 6.72. The molecule has 2 saturated heterocycles. The van der Waals surface area contributed by atoms with Crippen molar-refractivity contribution < 1.29 is 27.4 Å². The lowest BCUT2D eigenvalue weighted by molar-refractivity contribution is -0.140. The van der Waals surface area contributed by atoms with Crippen LogP contribution >= 0.6 is 15.9 Å². The van der Waals surface area contributed by atoms with Gasteiger partial charge in [0.2, 0.25) is 5.95 Å². The van der Waals surface area contributed by atoms with Crippen molar-refractivity contribution in [3.05, 3.63) is 39.0 Å². The van der Waals surface area contributed by atoms with Gasteiger partial charge < -0.3 is 19.3 Å². The molecule has 190 valence electrons. The third-order valence-electron chi connectivity index (χ3n) is 5.97. The third kappa shape index (κ3) is 5.92. The zero-order chi connectivity index (χ0) is 25.2. The number of nitrogens with zero attached hydrogens (tertiary/aromatic N) is 5. The van der Waals surface area contributed by atoms with Crippen molar-refractivity contribution in [2.45, 2.75) is 50.6 Å². The fraction of sp³-hybridized carbons (Fsp3) is 0.571. The Morgan fingerprint density at radius 1 is 1.14 bits per heavy atom. The standard InChI is InChI=1S/C21H24BrF3N6O4/c1-12(35-16-10-28-29-18(32)17(16)22)11-34-15-4-7-31(19(15)33)14-2-5-30(6-3-14)20-26-8-13(9-27-20)21(23,24)25/h8-10,12,14-15H,2-7,11H2,1H3,(H,29,32). The maximum atomic E-state index is 12.9. The Kier molecular flexibility index (Phi) is 7.59. The Labute approximate surface area is 207 Å². The number of nitrogens with one attached hydrogen (secondary N) is 1. The summed E-state index contributed by atoms with van der Waals surface area (Å²) < 4.78 is 49.9. The average molecular weight is 561 g/mol. The number of halogens is 4. The smallest absolute Gasteiger partial charge is 0.419 e. The molecule has 1 amide bonds. The molecule has 0 saturated carbocycles. The molecule has 0 bridgehead atoms. The first-order valence-electron chi connectivity index (χ1n) is 11.1. The summed E-state index contributed by atoms with van der Waals surface area (Å²) in [5, 5.41) is 5.98. The van der Waals surface area contributed by atoms with Gasteiger partial charge in [-0.15, -0.1) is 0 Å². The first kappa shape index (κ1) is 25.4. The molecule has 0 aromatic carbocycles. The van der Waals surface area contributed by atoms with Crippen LogP contribution in [0.3, 0.4) is 0 Å². The minimum absolute atomic E-state index is 0.0218. The molecule has 2 aliphatic heterocycles. The largest absolute Gasteiger partial charge is 0.485 e. The van der Waals surface area contributed by atoms with Crippen molar-refractivity contribution in [3.63, 3.8) is 0 Å². The van der Waals surface area contributed by atoms with Gasteiger partial charge in [-0.2, -0.15) is 18.3 Å². The second-order valence-corrected chi connectivity index (χ2v) is 9.23. The number of piperidine rings is 1. The Morgan fingerprint density at radius 2 is 1.83 bits per heavy atom. The number of hydrogen-bond acceptors (Lipinski definition) is 8. The highest BCUT2D eigenvalue weighted by Gasteiger charge is 2.38. The molecule has 0 radical (unpaired) electrons. The van der Waals surface area contributed by atoms with E-state index < -0.39 is 29.5 Å². The van der Waals surface area contributed by atoms with Gasteiger partial charge in [0, 0.05) is 44.5 Å². The normalized spacial score (nSPS) is 20.4. The Bertz CT molecular complexity index is 1090. The van der Waals surface area contributed by atoms with E-state index >= 15 is 0 Å². The topological polar surface area (TPSA) is 114 Å². The van der Waals surface area contributed by atoms with Crippen LogP contribution in [-0.2, 0) is 15.7 Å². The lowest BCUT2D eigenvalue weighted by Gasteiger charge is -2.36. The number of hydrogen-bond donors (Lipinski definition) is 1. The van der Waals surface area contributed by atoms with Crippen LogP contribution in [0.4, 0.5) is 19.1 Å². The molecule has 0 aliphatic carbocycles. The maximum absolute atomic E-state index is 12.9. The molecule has 2 unspecified atom stereocenters. The molecule has 2 aromatic heterocycles. The van der Waals surface area contributed by atoms with Gasteiger partial charge in [0.15, 0.2) is 5.75 Å². The van der Waals surface area contributed by atoms with Gasteiger partial charge in [-0.3, -0.25) is 9.59 Å². The maximum Gasteiger partial charge on any atom is 0.419 e. The van der Waals surface area contributed by atoms with E-state index in [-0.39, 0.29) is 34.7 Å². The SMILES string of the molecule is CC(COC1CCN(C2CCN(c3ncc(C(F)(F)F)cn3)CC2)C1=O)Oc1cn[nH]c(=O)c1Br. The van der Waals surface area contributed by atoms with E-state index in [0.29, 0.717) is 38.9 Å². The summed E-state index contributed by atoms with van der Waals surface area (Å²) in [4.78, 5) is 35.9. The molecular weight excluding hydrogens is 537 g/mol. The number of alkyl halides is 3. The van der Waals surface area contributed by atoms with E-state index in [1.54, 1.807) is 6.92 Å². The van der Waals surface area contributed by atoms with Gasteiger partial charge in [0.25, 0.3) is 11.5 Å². The van der Waals surface area contributed by atoms with E-state index in [4.69, 9.17) is 9.47 Å². The summed E-state index contributed by atoms with van der Waals surface area (Å²) in [7, 11) is 0. The quantitative estimate of drug-likeness (QED) is 0.549. The van der Waals surface area contributed by atoms with E-state index in [9.17, 15) is 22.8 Å². The summed E-state index contributed by atoms with van der Waals surface area (Å²) in [6.07, 6.45) is -0.624. The van der Waals surface area contributed by atoms with Crippen LogP contribution in [0.2, 0.25) is 0 Å². The fourth-order valence-electron chi connectivity index (χ4n) is 4.15. The second kappa shape index (κ2) is 10.5. The fourth-order valence-corrected chi connectivity index (χ4v) is 4.44. The molecule has 1 N–H and O–H groups in total. The predicted molar refractivity (Wildman–Crippen MR) is 121 cm³/mol. The van der Waals surface area contributed by atoms with Crippen LogP contribution in [0, 0.1) is 0 Å². The molecule has 14 heteroatoms. The number of likely N-dealkylation sites (tertiary alicyclic amines) is 1. The second-order valence-electron chi connectivity index (χ2n) is 8.44. The lowest BCUT2D eigenvalue weighted by Crippen LogP contribution is -2.47. The number of rotatable bonds is 7. The van der Waals surface area contributed by atoms with Gasteiger partial charge in [-0.1, -0.05) is 0 Å². The Balaban J connectivity index is 1.24. The van der Waals surface area contributed by atoms with Crippen molar-refractivity contribution in [1.82, 2.24) is 25.1 Å². The van der Waals surface area contributed by atoms with Crippen molar-refractivity contribution in [2.75, 3.05) is 31.1 Å². The molecule has 4 heterocycles. The summed E-state index contributed by atoms with van der Waals surface area (Å²) >= 11 is 3.15. The minimum atomic E-state index is -4.47. The van der Waals surface area contributed by atoms with E-state index in [2.05, 4.69) is 36.1 Å². The molecule has 10 nitrogen and oxygen atoms in total. The van der Waals surface area contributed by atoms with Crippen molar-refractivity contribution in [2.24, 2.45) is 0 Å². The molecule has 4 rings (SSSR count). The average Bonchev–Trinajstić information content (AvgIpc) is 3.20. The van der Waals surface area contributed by atoms with Crippen LogP contribution in [0.25, 0.3) is 0 Å². The van der Waals surface area contributed by atoms with Crippen LogP contribution in [-0.4, -0.2) is 75.5 Å². The number of aromatic nitrogens is 4. The van der Waals surface area contributed by atoms with Crippen LogP contribution in [0.5, 0.6) is 5.75 Å². The highest BCUT2D eigenvalue weighted by Crippen LogP contribution is 2.29. The van der Waals surface area contributed by atoms with Crippen molar-refractivity contribution in [3.8, 4) is 5.75 Å². The van der Waals surface area contributed by atoms with Gasteiger partial charge >= 0.3 is 6.18 Å². The summed E-state index contributed by atoms with van der Waals surface area (Å²) in [5.74, 6) is 0.454. The summed E-state index contributed by atoms with van der Waals surface area (Å²) in [6.45, 7) is 3.57. The van der Waals surface area contributed by atoms with Crippen LogP contribution in [0.15, 0.2) is 27.9 Å². The Morgan fingerprint density at radius 3 is 2.49 bits per heavy atom. The van der Waals surface area contributed by atoms with Crippen molar-refractivity contribution in [1.29, 1.82) is 0 Å². The van der Waals surface area contributed by atoms with Gasteiger partial charge in [0.1, 0.15) is 16.7 Å². The number of anilines is 1. The number of aromatic amines is 1. The minimum Gasteiger partial charge on any atom is -0.485 e. The monoisotopic (exact) mass is 560 g/mol. The molecule has 0 spiro atoms. The molecule has 2 fully saturated rings. The van der Waals surface area contributed by atoms with Crippen LogP contribution < -0.4 is 15.2 Å². The molecule has 2 aliphatic rings. The summed E-state index contributed by atoms with van der Waals surface area (Å²) in [6, 6.07) is 0.0218. The molecule has 2 aromatic rings. The summed E-state index contributed by atoms with van der Waals surface area (Å²) in [5.41, 5.74) is -1.29. The molecular formula is C21H24BrF3N6O4. The van der Waals surface area contributed by atoms with E-state index in [1.165, 1.54) is 6.20 Å². The van der Waals surface area contributed by atoms with Crippen LogP contribution in [0.1, 0.15) is 31.7 Å². The number of carbonyl (C=O) groups is 1. The predicted octanol–water partition coefficient (Wildman–Crippen LogP) is 2.39. The first-order valence-corrected chi connectivity index (χ1v) is 11.9.